The Labute approximate surface area is 453 Å². The molecule has 1 N–H and O–H groups in total. The molecule has 0 amide bonds. The van der Waals surface area contributed by atoms with Crippen molar-refractivity contribution in [3.05, 3.63) is 146 Å². The number of phosphoric acid groups is 1. The van der Waals surface area contributed by atoms with E-state index >= 15 is 0 Å². The molecule has 0 aliphatic rings. The molecule has 0 aromatic carbocycles. The zero-order chi connectivity index (χ0) is 54.2. The van der Waals surface area contributed by atoms with Gasteiger partial charge in [0.05, 0.1) is 27.7 Å². The van der Waals surface area contributed by atoms with Crippen molar-refractivity contribution < 1.29 is 42.1 Å². The number of unbranched alkanes of at least 4 members (excludes halogenated alkanes) is 12. The van der Waals surface area contributed by atoms with Gasteiger partial charge in [-0.3, -0.25) is 18.6 Å². The summed E-state index contributed by atoms with van der Waals surface area (Å²) >= 11 is 0. The fraction of sp³-hybridized carbons (Fsp3) is 0.594. The van der Waals surface area contributed by atoms with Crippen molar-refractivity contribution >= 4 is 19.8 Å². The number of nitrogens with zero attached hydrogens (tertiary/aromatic N) is 1. The van der Waals surface area contributed by atoms with E-state index in [9.17, 15) is 19.0 Å². The van der Waals surface area contributed by atoms with Gasteiger partial charge in [0, 0.05) is 12.8 Å². The van der Waals surface area contributed by atoms with Crippen molar-refractivity contribution in [1.82, 2.24) is 0 Å². The van der Waals surface area contributed by atoms with Gasteiger partial charge in [-0.2, -0.15) is 0 Å². The molecule has 2 atom stereocenters. The first-order chi connectivity index (χ1) is 36.0. The molecule has 0 rings (SSSR count). The minimum atomic E-state index is -4.41. The second-order valence-corrected chi connectivity index (χ2v) is 21.0. The largest absolute Gasteiger partial charge is 0.472 e. The van der Waals surface area contributed by atoms with Crippen LogP contribution in [0.5, 0.6) is 0 Å². The van der Waals surface area contributed by atoms with E-state index in [1.165, 1.54) is 32.1 Å². The molecule has 0 saturated heterocycles. The summed E-state index contributed by atoms with van der Waals surface area (Å²) in [5.41, 5.74) is 0. The van der Waals surface area contributed by atoms with Crippen LogP contribution in [-0.2, 0) is 32.7 Å². The Balaban J connectivity index is 4.32. The Hall–Kier alpha value is -4.11. The van der Waals surface area contributed by atoms with Gasteiger partial charge in [0.1, 0.15) is 19.8 Å². The Bertz CT molecular complexity index is 1760. The summed E-state index contributed by atoms with van der Waals surface area (Å²) in [5.74, 6) is -0.856. The molecule has 0 radical (unpaired) electrons. The maximum absolute atomic E-state index is 12.8. The highest BCUT2D eigenvalue weighted by Gasteiger charge is 2.27. The Morgan fingerprint density at radius 2 is 0.730 bits per heavy atom. The van der Waals surface area contributed by atoms with Crippen LogP contribution in [0.4, 0.5) is 0 Å². The SMILES string of the molecule is CC/C=C\C/C=C\C/C=C\C/C=C\C/C=C\C/C=C\C/C=C\CCCCCC(=O)OC(COC(=O)CCCCCCCCCCC/C=C\C/C=C\C/C=C\C/C=C\C/C=C\CC)COP(=O)(O)OCC[N+](C)(C)C. The molecule has 2 unspecified atom stereocenters. The second kappa shape index (κ2) is 53.7. The summed E-state index contributed by atoms with van der Waals surface area (Å²) in [7, 11) is 1.42. The lowest BCUT2D eigenvalue weighted by Gasteiger charge is -2.24. The van der Waals surface area contributed by atoms with E-state index in [-0.39, 0.29) is 32.0 Å². The molecule has 0 saturated carbocycles. The maximum Gasteiger partial charge on any atom is 0.472 e. The summed E-state index contributed by atoms with van der Waals surface area (Å²) < 4.78 is 34.5. The van der Waals surface area contributed by atoms with Gasteiger partial charge in [0.2, 0.25) is 0 Å². The van der Waals surface area contributed by atoms with Crippen molar-refractivity contribution in [2.24, 2.45) is 0 Å². The van der Waals surface area contributed by atoms with Gasteiger partial charge in [-0.15, -0.1) is 0 Å². The molecule has 0 heterocycles. The van der Waals surface area contributed by atoms with Gasteiger partial charge in [-0.25, -0.2) is 4.57 Å². The predicted octanol–water partition coefficient (Wildman–Crippen LogP) is 17.9. The van der Waals surface area contributed by atoms with Crippen LogP contribution in [0.25, 0.3) is 0 Å². The van der Waals surface area contributed by atoms with E-state index in [2.05, 4.69) is 160 Å². The molecule has 9 nitrogen and oxygen atoms in total. The Kier molecular flexibility index (Phi) is 50.7. The third-order valence-corrected chi connectivity index (χ3v) is 12.3. The van der Waals surface area contributed by atoms with Crippen LogP contribution < -0.4 is 0 Å². The number of hydrogen-bond acceptors (Lipinski definition) is 7. The summed E-state index contributed by atoms with van der Waals surface area (Å²) in [5, 5.41) is 0. The molecule has 0 aromatic rings. The number of allylic oxidation sites excluding steroid dienone is 24. The minimum absolute atomic E-state index is 0.0147. The molecule has 74 heavy (non-hydrogen) atoms. The summed E-state index contributed by atoms with van der Waals surface area (Å²) in [6.45, 7) is 4.13. The van der Waals surface area contributed by atoms with Crippen molar-refractivity contribution in [3.8, 4) is 0 Å². The highest BCUT2D eigenvalue weighted by Crippen LogP contribution is 2.43. The number of esters is 2. The predicted molar refractivity (Wildman–Crippen MR) is 316 cm³/mol. The molecule has 0 aromatic heterocycles. The van der Waals surface area contributed by atoms with E-state index < -0.39 is 26.5 Å². The van der Waals surface area contributed by atoms with Crippen LogP contribution in [0.3, 0.4) is 0 Å². The highest BCUT2D eigenvalue weighted by molar-refractivity contribution is 7.47. The molecule has 0 spiro atoms. The van der Waals surface area contributed by atoms with Crippen molar-refractivity contribution in [1.29, 1.82) is 0 Å². The van der Waals surface area contributed by atoms with Crippen molar-refractivity contribution in [2.75, 3.05) is 47.5 Å². The number of phosphoric ester groups is 1. The van der Waals surface area contributed by atoms with Crippen LogP contribution in [0.15, 0.2) is 146 Å². The van der Waals surface area contributed by atoms with E-state index in [4.69, 9.17) is 18.5 Å². The van der Waals surface area contributed by atoms with Crippen molar-refractivity contribution in [3.63, 3.8) is 0 Å². The lowest BCUT2D eigenvalue weighted by molar-refractivity contribution is -0.870. The fourth-order valence-electron chi connectivity index (χ4n) is 7.02. The normalized spacial score (nSPS) is 14.4. The van der Waals surface area contributed by atoms with Gasteiger partial charge in [-0.1, -0.05) is 211 Å². The zero-order valence-corrected chi connectivity index (χ0v) is 48.2. The number of rotatable bonds is 50. The smallest absolute Gasteiger partial charge is 0.462 e. The third kappa shape index (κ3) is 57.2. The monoisotopic (exact) mass is 1050 g/mol. The van der Waals surface area contributed by atoms with Crippen LogP contribution in [-0.4, -0.2) is 74.9 Å². The number of carbonyl (C=O) groups is 2. The van der Waals surface area contributed by atoms with E-state index in [0.717, 1.165) is 128 Å². The number of hydrogen-bond donors (Lipinski definition) is 1. The van der Waals surface area contributed by atoms with Crippen LogP contribution in [0.1, 0.15) is 194 Å². The summed E-state index contributed by atoms with van der Waals surface area (Å²) in [6.07, 6.45) is 79.1. The van der Waals surface area contributed by atoms with E-state index in [0.29, 0.717) is 17.4 Å². The molecule has 10 heteroatoms. The fourth-order valence-corrected chi connectivity index (χ4v) is 7.76. The maximum atomic E-state index is 12.8. The van der Waals surface area contributed by atoms with Crippen molar-refractivity contribution in [2.45, 2.75) is 200 Å². The zero-order valence-electron chi connectivity index (χ0n) is 47.3. The summed E-state index contributed by atoms with van der Waals surface area (Å²) in [4.78, 5) is 35.7. The summed E-state index contributed by atoms with van der Waals surface area (Å²) in [6, 6.07) is 0. The van der Waals surface area contributed by atoms with E-state index in [1.807, 2.05) is 21.1 Å². The first-order valence-corrected chi connectivity index (χ1v) is 30.1. The first-order valence-electron chi connectivity index (χ1n) is 28.6. The molecule has 0 aliphatic heterocycles. The number of quaternary nitrogens is 1. The van der Waals surface area contributed by atoms with Gasteiger partial charge in [0.15, 0.2) is 6.10 Å². The molecular formula is C64H105NO8P+. The van der Waals surface area contributed by atoms with Crippen LogP contribution in [0.2, 0.25) is 0 Å². The third-order valence-electron chi connectivity index (χ3n) is 11.4. The molecule has 418 valence electrons. The van der Waals surface area contributed by atoms with Gasteiger partial charge < -0.3 is 18.9 Å². The molecular weight excluding hydrogens is 942 g/mol. The Morgan fingerprint density at radius 1 is 0.419 bits per heavy atom. The molecule has 0 bridgehead atoms. The van der Waals surface area contributed by atoms with Crippen LogP contribution in [0, 0.1) is 0 Å². The molecule has 0 fully saturated rings. The second-order valence-electron chi connectivity index (χ2n) is 19.6. The minimum Gasteiger partial charge on any atom is -0.462 e. The number of likely N-dealkylation sites (N-methyl/N-ethyl adjacent to an activating group) is 1. The Morgan fingerprint density at radius 3 is 1.09 bits per heavy atom. The van der Waals surface area contributed by atoms with Gasteiger partial charge in [-0.05, 0) is 116 Å². The average Bonchev–Trinajstić information content (AvgIpc) is 3.36. The number of ether oxygens (including phenoxy) is 2. The quantitative estimate of drug-likeness (QED) is 0.0211. The topological polar surface area (TPSA) is 108 Å². The lowest BCUT2D eigenvalue weighted by atomic mass is 10.1. The first kappa shape index (κ1) is 69.9. The van der Waals surface area contributed by atoms with Crippen LogP contribution >= 0.6 is 7.82 Å². The molecule has 0 aliphatic carbocycles. The van der Waals surface area contributed by atoms with E-state index in [1.54, 1.807) is 0 Å². The van der Waals surface area contributed by atoms with Gasteiger partial charge in [0.25, 0.3) is 0 Å². The lowest BCUT2D eigenvalue weighted by Crippen LogP contribution is -2.37. The standard InChI is InChI=1S/C64H104NO8P/c1-6-8-10-12-14-16-18-20-22-24-26-28-30-32-34-36-38-40-42-44-46-48-50-52-54-56-63(66)70-60-62(61-72-74(68,69)71-59-58-65(3,4)5)73-64(67)57-55-53-51-49-47-45-43-41-39-37-35-33-31-29-27-25-23-21-19-17-15-13-11-9-7-2/h8-11,14-17,20-23,26-29,32-35,39,41,45,47,62H,6-7,12-13,18-19,24-25,30-31,36-38,40,42-44,46,48-61H2,1-5H3/p+1/b10-8-,11-9-,16-14-,17-15-,22-20-,23-21-,28-26-,29-27-,34-32-,35-33-,41-39-,47-45-. The van der Waals surface area contributed by atoms with Gasteiger partial charge >= 0.3 is 19.8 Å². The highest BCUT2D eigenvalue weighted by atomic mass is 31.2. The average molecular weight is 1050 g/mol. The number of carbonyl (C=O) groups excluding carboxylic acids is 2.